The van der Waals surface area contributed by atoms with Gasteiger partial charge in [-0.25, -0.2) is 4.98 Å². The van der Waals surface area contributed by atoms with Crippen molar-refractivity contribution in [3.63, 3.8) is 0 Å². The molecule has 1 saturated heterocycles. The maximum atomic E-state index is 12.0. The van der Waals surface area contributed by atoms with Gasteiger partial charge in [-0.05, 0) is 19.3 Å². The molecule has 100 valence electrons. The fourth-order valence-electron chi connectivity index (χ4n) is 2.24. The fraction of sp³-hybridized carbons (Fsp3) is 0.692. The highest BCUT2D eigenvalue weighted by atomic mass is 16.5. The van der Waals surface area contributed by atoms with Crippen molar-refractivity contribution < 1.29 is 9.53 Å². The van der Waals surface area contributed by atoms with Crippen LogP contribution in [0.15, 0.2) is 12.4 Å². The van der Waals surface area contributed by atoms with Crippen molar-refractivity contribution in [3.8, 4) is 0 Å². The van der Waals surface area contributed by atoms with Crippen LogP contribution in [0.2, 0.25) is 0 Å². The van der Waals surface area contributed by atoms with Crippen LogP contribution < -0.4 is 0 Å². The molecule has 0 aromatic carbocycles. The monoisotopic (exact) mass is 251 g/mol. The van der Waals surface area contributed by atoms with Gasteiger partial charge in [-0.3, -0.25) is 4.79 Å². The van der Waals surface area contributed by atoms with Crippen molar-refractivity contribution in [1.29, 1.82) is 0 Å². The summed E-state index contributed by atoms with van der Waals surface area (Å²) in [5.41, 5.74) is 0. The third-order valence-corrected chi connectivity index (χ3v) is 3.40. The van der Waals surface area contributed by atoms with E-state index in [-0.39, 0.29) is 12.0 Å². The number of nitrogens with zero attached hydrogens (tertiary/aromatic N) is 3. The third-order valence-electron chi connectivity index (χ3n) is 3.40. The average Bonchev–Trinajstić information content (AvgIpc) is 3.00. The van der Waals surface area contributed by atoms with Gasteiger partial charge in [0.2, 0.25) is 0 Å². The Hall–Kier alpha value is -1.36. The number of amides is 1. The van der Waals surface area contributed by atoms with E-state index in [2.05, 4.69) is 4.98 Å². The minimum atomic E-state index is -0.205. The number of rotatable bonds is 5. The number of likely N-dealkylation sites (N-methyl/N-ethyl adjacent to an activating group) is 1. The summed E-state index contributed by atoms with van der Waals surface area (Å²) >= 11 is 0. The standard InChI is InChI=1S/C13H21N3O2/c1-15-9-7-14-12(15)6-3-8-16(2)13(17)11-5-4-10-18-11/h7,9,11H,3-6,8,10H2,1-2H3/t11-/m0/s1. The van der Waals surface area contributed by atoms with Gasteiger partial charge in [0, 0.05) is 46.1 Å². The van der Waals surface area contributed by atoms with Crippen LogP contribution in [-0.4, -0.2) is 46.7 Å². The summed E-state index contributed by atoms with van der Waals surface area (Å²) in [6.07, 6.45) is 7.22. The highest BCUT2D eigenvalue weighted by Gasteiger charge is 2.26. The summed E-state index contributed by atoms with van der Waals surface area (Å²) in [5, 5.41) is 0. The van der Waals surface area contributed by atoms with Gasteiger partial charge in [-0.15, -0.1) is 0 Å². The molecule has 18 heavy (non-hydrogen) atoms. The van der Waals surface area contributed by atoms with Crippen LogP contribution in [-0.2, 0) is 23.0 Å². The molecule has 1 amide bonds. The maximum absolute atomic E-state index is 12.0. The smallest absolute Gasteiger partial charge is 0.251 e. The number of aryl methyl sites for hydroxylation is 2. The third kappa shape index (κ3) is 3.10. The largest absolute Gasteiger partial charge is 0.368 e. The van der Waals surface area contributed by atoms with Crippen LogP contribution in [0.3, 0.4) is 0 Å². The Balaban J connectivity index is 1.72. The lowest BCUT2D eigenvalue weighted by Gasteiger charge is -2.20. The topological polar surface area (TPSA) is 47.4 Å². The van der Waals surface area contributed by atoms with E-state index >= 15 is 0 Å². The minimum absolute atomic E-state index is 0.118. The van der Waals surface area contributed by atoms with E-state index in [1.54, 1.807) is 11.1 Å². The van der Waals surface area contributed by atoms with Crippen molar-refractivity contribution in [2.45, 2.75) is 31.8 Å². The van der Waals surface area contributed by atoms with E-state index in [0.717, 1.165) is 44.7 Å². The zero-order chi connectivity index (χ0) is 13.0. The molecule has 0 radical (unpaired) electrons. The lowest BCUT2D eigenvalue weighted by molar-refractivity contribution is -0.139. The van der Waals surface area contributed by atoms with Crippen molar-refractivity contribution >= 4 is 5.91 Å². The Kier molecular flexibility index (Phi) is 4.36. The zero-order valence-corrected chi connectivity index (χ0v) is 11.1. The van der Waals surface area contributed by atoms with Gasteiger partial charge < -0.3 is 14.2 Å². The lowest BCUT2D eigenvalue weighted by atomic mass is 10.2. The first-order chi connectivity index (χ1) is 8.68. The molecule has 2 rings (SSSR count). The summed E-state index contributed by atoms with van der Waals surface area (Å²) in [4.78, 5) is 18.0. The van der Waals surface area contributed by atoms with E-state index < -0.39 is 0 Å². The first-order valence-corrected chi connectivity index (χ1v) is 6.51. The average molecular weight is 251 g/mol. The molecule has 0 saturated carbocycles. The van der Waals surface area contributed by atoms with E-state index in [4.69, 9.17) is 4.74 Å². The van der Waals surface area contributed by atoms with Crippen LogP contribution in [0.25, 0.3) is 0 Å². The Bertz CT molecular complexity index is 397. The summed E-state index contributed by atoms with van der Waals surface area (Å²) in [7, 11) is 3.84. The predicted molar refractivity (Wildman–Crippen MR) is 68.1 cm³/mol. The summed E-state index contributed by atoms with van der Waals surface area (Å²) in [5.74, 6) is 1.18. The van der Waals surface area contributed by atoms with Crippen LogP contribution in [0.4, 0.5) is 0 Å². The minimum Gasteiger partial charge on any atom is -0.368 e. The van der Waals surface area contributed by atoms with Crippen molar-refractivity contribution in [2.75, 3.05) is 20.2 Å². The Morgan fingerprint density at radius 3 is 3.11 bits per heavy atom. The SMILES string of the molecule is CN(CCCc1nccn1C)C(=O)[C@@H]1CCCO1. The number of hydrogen-bond acceptors (Lipinski definition) is 3. The van der Waals surface area contributed by atoms with Crippen molar-refractivity contribution in [3.05, 3.63) is 18.2 Å². The molecule has 0 N–H and O–H groups in total. The number of hydrogen-bond donors (Lipinski definition) is 0. The first kappa shape index (κ1) is 13.1. The Morgan fingerprint density at radius 2 is 2.50 bits per heavy atom. The number of ether oxygens (including phenoxy) is 1. The van der Waals surface area contributed by atoms with E-state index in [0.29, 0.717) is 0 Å². The molecule has 5 nitrogen and oxygen atoms in total. The highest BCUT2D eigenvalue weighted by molar-refractivity contribution is 5.80. The van der Waals surface area contributed by atoms with Gasteiger partial charge in [0.1, 0.15) is 11.9 Å². The molecule has 1 fully saturated rings. The van der Waals surface area contributed by atoms with Gasteiger partial charge in [0.25, 0.3) is 5.91 Å². The van der Waals surface area contributed by atoms with Crippen LogP contribution in [0.5, 0.6) is 0 Å². The molecule has 0 aliphatic carbocycles. The second-order valence-corrected chi connectivity index (χ2v) is 4.82. The van der Waals surface area contributed by atoms with Gasteiger partial charge in [0.05, 0.1) is 0 Å². The zero-order valence-electron chi connectivity index (χ0n) is 11.1. The van der Waals surface area contributed by atoms with Crippen molar-refractivity contribution in [1.82, 2.24) is 14.5 Å². The molecule has 1 aliphatic heterocycles. The van der Waals surface area contributed by atoms with E-state index in [1.807, 2.05) is 24.9 Å². The fourth-order valence-corrected chi connectivity index (χ4v) is 2.24. The molecular weight excluding hydrogens is 230 g/mol. The van der Waals surface area contributed by atoms with Gasteiger partial charge in [-0.2, -0.15) is 0 Å². The summed E-state index contributed by atoms with van der Waals surface area (Å²) in [6, 6.07) is 0. The molecule has 0 unspecified atom stereocenters. The normalized spacial score (nSPS) is 19.1. The molecule has 2 heterocycles. The second-order valence-electron chi connectivity index (χ2n) is 4.82. The van der Waals surface area contributed by atoms with E-state index in [9.17, 15) is 4.79 Å². The molecule has 1 aromatic heterocycles. The van der Waals surface area contributed by atoms with Crippen molar-refractivity contribution in [2.24, 2.45) is 7.05 Å². The molecule has 1 atom stereocenters. The maximum Gasteiger partial charge on any atom is 0.251 e. The Labute approximate surface area is 108 Å². The molecule has 0 bridgehead atoms. The molecular formula is C13H21N3O2. The summed E-state index contributed by atoms with van der Waals surface area (Å²) < 4.78 is 7.42. The number of imidazole rings is 1. The molecule has 1 aromatic rings. The number of carbonyl (C=O) groups excluding carboxylic acids is 1. The van der Waals surface area contributed by atoms with Gasteiger partial charge in [0.15, 0.2) is 0 Å². The summed E-state index contributed by atoms with van der Waals surface area (Å²) in [6.45, 7) is 1.48. The first-order valence-electron chi connectivity index (χ1n) is 6.51. The second kappa shape index (κ2) is 6.00. The van der Waals surface area contributed by atoms with Gasteiger partial charge >= 0.3 is 0 Å². The van der Waals surface area contributed by atoms with E-state index in [1.165, 1.54) is 0 Å². The van der Waals surface area contributed by atoms with Crippen LogP contribution >= 0.6 is 0 Å². The molecule has 5 heteroatoms. The van der Waals surface area contributed by atoms with Crippen LogP contribution in [0.1, 0.15) is 25.1 Å². The Morgan fingerprint density at radius 1 is 1.67 bits per heavy atom. The molecule has 0 spiro atoms. The predicted octanol–water partition coefficient (Wildman–Crippen LogP) is 0.990. The lowest BCUT2D eigenvalue weighted by Crippen LogP contribution is -2.36. The number of carbonyl (C=O) groups is 1. The highest BCUT2D eigenvalue weighted by Crippen LogP contribution is 2.14. The van der Waals surface area contributed by atoms with Gasteiger partial charge in [-0.1, -0.05) is 0 Å². The quantitative estimate of drug-likeness (QED) is 0.784. The van der Waals surface area contributed by atoms with Crippen LogP contribution in [0, 0.1) is 0 Å². The number of aromatic nitrogens is 2. The molecule has 1 aliphatic rings.